The average Bonchev–Trinajstić information content (AvgIpc) is 2.48. The van der Waals surface area contributed by atoms with Crippen molar-refractivity contribution in [2.24, 2.45) is 5.10 Å². The van der Waals surface area contributed by atoms with E-state index in [0.29, 0.717) is 11.3 Å². The van der Waals surface area contributed by atoms with E-state index in [4.69, 9.17) is 0 Å². The van der Waals surface area contributed by atoms with E-state index in [2.05, 4.69) is 14.9 Å². The number of sulfonamides is 1. The minimum Gasteiger partial charge on any atom is -0.264 e. The smallest absolute Gasteiger partial charge is 0.264 e. The first-order valence-corrected chi connectivity index (χ1v) is 7.92. The van der Waals surface area contributed by atoms with E-state index in [1.54, 1.807) is 44.4 Å². The second kappa shape index (κ2) is 6.05. The number of hydrogen-bond donors (Lipinski definition) is 1. The van der Waals surface area contributed by atoms with E-state index in [0.717, 1.165) is 11.1 Å². The maximum absolute atomic E-state index is 12.3. The number of benzene rings is 1. The molecule has 0 spiro atoms. The van der Waals surface area contributed by atoms with Gasteiger partial charge in [0.05, 0.1) is 10.6 Å². The molecule has 21 heavy (non-hydrogen) atoms. The topological polar surface area (TPSA) is 71.4 Å². The van der Waals surface area contributed by atoms with Gasteiger partial charge in [-0.05, 0) is 44.0 Å². The SMILES string of the molecule is C/C(=N/NS(=O)(=O)c1cc(C)ccc1C)c1cccnc1. The Hall–Kier alpha value is -2.21. The highest BCUT2D eigenvalue weighted by molar-refractivity contribution is 7.89. The van der Waals surface area contributed by atoms with Crippen molar-refractivity contribution in [2.75, 3.05) is 0 Å². The van der Waals surface area contributed by atoms with Crippen LogP contribution in [0.4, 0.5) is 0 Å². The number of aromatic nitrogens is 1. The van der Waals surface area contributed by atoms with Gasteiger partial charge in [-0.3, -0.25) is 4.98 Å². The minimum absolute atomic E-state index is 0.241. The molecule has 0 aliphatic carbocycles. The van der Waals surface area contributed by atoms with Crippen LogP contribution in [0.25, 0.3) is 0 Å². The Bertz CT molecular complexity index is 769. The summed E-state index contributed by atoms with van der Waals surface area (Å²) in [5.74, 6) is 0. The Balaban J connectivity index is 2.28. The zero-order valence-corrected chi connectivity index (χ0v) is 13.0. The van der Waals surface area contributed by atoms with Crippen LogP contribution in [0.1, 0.15) is 23.6 Å². The minimum atomic E-state index is -3.67. The molecule has 0 radical (unpaired) electrons. The van der Waals surface area contributed by atoms with Crippen molar-refractivity contribution in [2.45, 2.75) is 25.7 Å². The van der Waals surface area contributed by atoms with Gasteiger partial charge in [-0.25, -0.2) is 0 Å². The number of aryl methyl sites for hydroxylation is 2. The standard InChI is InChI=1S/C15H17N3O2S/c1-11-6-7-12(2)15(9-11)21(19,20)18-17-13(3)14-5-4-8-16-10-14/h4-10,18H,1-3H3/b17-13-. The third-order valence-corrected chi connectivity index (χ3v) is 4.40. The Morgan fingerprint density at radius 1 is 1.24 bits per heavy atom. The Morgan fingerprint density at radius 3 is 2.67 bits per heavy atom. The molecule has 110 valence electrons. The molecule has 0 unspecified atom stereocenters. The third kappa shape index (κ3) is 3.66. The predicted molar refractivity (Wildman–Crippen MR) is 82.7 cm³/mol. The molecule has 5 nitrogen and oxygen atoms in total. The summed E-state index contributed by atoms with van der Waals surface area (Å²) >= 11 is 0. The normalized spacial score (nSPS) is 12.2. The first-order chi connectivity index (χ1) is 9.90. The summed E-state index contributed by atoms with van der Waals surface area (Å²) in [6, 6.07) is 8.87. The molecule has 0 amide bonds. The molecule has 0 fully saturated rings. The monoisotopic (exact) mass is 303 g/mol. The van der Waals surface area contributed by atoms with Crippen molar-refractivity contribution >= 4 is 15.7 Å². The predicted octanol–water partition coefficient (Wildman–Crippen LogP) is 2.40. The van der Waals surface area contributed by atoms with Crippen LogP contribution in [-0.2, 0) is 10.0 Å². The van der Waals surface area contributed by atoms with Gasteiger partial charge in [0.1, 0.15) is 0 Å². The van der Waals surface area contributed by atoms with Gasteiger partial charge in [-0.15, -0.1) is 0 Å². The maximum Gasteiger partial charge on any atom is 0.276 e. The molecule has 0 atom stereocenters. The summed E-state index contributed by atoms with van der Waals surface area (Å²) in [6.07, 6.45) is 3.28. The van der Waals surface area contributed by atoms with Gasteiger partial charge in [0.15, 0.2) is 0 Å². The lowest BCUT2D eigenvalue weighted by atomic mass is 10.2. The zero-order chi connectivity index (χ0) is 15.5. The zero-order valence-electron chi connectivity index (χ0n) is 12.2. The molecule has 0 saturated heterocycles. The van der Waals surface area contributed by atoms with E-state index < -0.39 is 10.0 Å². The van der Waals surface area contributed by atoms with Crippen molar-refractivity contribution in [1.29, 1.82) is 0 Å². The van der Waals surface area contributed by atoms with Crippen LogP contribution < -0.4 is 4.83 Å². The Kier molecular flexibility index (Phi) is 4.37. The summed E-state index contributed by atoms with van der Waals surface area (Å²) in [5, 5.41) is 3.95. The van der Waals surface area contributed by atoms with E-state index in [1.165, 1.54) is 0 Å². The Morgan fingerprint density at radius 2 is 2.00 bits per heavy atom. The second-order valence-electron chi connectivity index (χ2n) is 4.80. The van der Waals surface area contributed by atoms with Gasteiger partial charge in [0.25, 0.3) is 10.0 Å². The van der Waals surface area contributed by atoms with Gasteiger partial charge in [0, 0.05) is 18.0 Å². The Labute approximate surface area is 124 Å². The molecule has 1 heterocycles. The highest BCUT2D eigenvalue weighted by Crippen LogP contribution is 2.16. The maximum atomic E-state index is 12.3. The van der Waals surface area contributed by atoms with Crippen molar-refractivity contribution < 1.29 is 8.42 Å². The fourth-order valence-electron chi connectivity index (χ4n) is 1.82. The number of nitrogens with one attached hydrogen (secondary N) is 1. The van der Waals surface area contributed by atoms with Gasteiger partial charge in [-0.1, -0.05) is 18.2 Å². The van der Waals surface area contributed by atoms with Crippen molar-refractivity contribution in [3.63, 3.8) is 0 Å². The van der Waals surface area contributed by atoms with E-state index in [-0.39, 0.29) is 4.90 Å². The van der Waals surface area contributed by atoms with Crippen molar-refractivity contribution in [1.82, 2.24) is 9.82 Å². The lowest BCUT2D eigenvalue weighted by Crippen LogP contribution is -2.21. The molecule has 2 aromatic rings. The highest BCUT2D eigenvalue weighted by Gasteiger charge is 2.16. The van der Waals surface area contributed by atoms with Crippen LogP contribution in [0.5, 0.6) is 0 Å². The van der Waals surface area contributed by atoms with E-state index >= 15 is 0 Å². The summed E-state index contributed by atoms with van der Waals surface area (Å²) in [7, 11) is -3.67. The largest absolute Gasteiger partial charge is 0.276 e. The molecule has 1 aromatic heterocycles. The first-order valence-electron chi connectivity index (χ1n) is 6.44. The molecule has 1 N–H and O–H groups in total. The number of rotatable bonds is 4. The van der Waals surface area contributed by atoms with Crippen LogP contribution in [0.2, 0.25) is 0 Å². The van der Waals surface area contributed by atoms with Crippen LogP contribution in [0.15, 0.2) is 52.7 Å². The quantitative estimate of drug-likeness (QED) is 0.696. The summed E-state index contributed by atoms with van der Waals surface area (Å²) in [5.41, 5.74) is 2.88. The highest BCUT2D eigenvalue weighted by atomic mass is 32.2. The molecule has 6 heteroatoms. The van der Waals surface area contributed by atoms with Gasteiger partial charge in [-0.2, -0.15) is 18.4 Å². The molecule has 0 bridgehead atoms. The number of hydrazone groups is 1. The average molecular weight is 303 g/mol. The summed E-state index contributed by atoms with van der Waals surface area (Å²) in [4.78, 5) is 6.49. The summed E-state index contributed by atoms with van der Waals surface area (Å²) in [6.45, 7) is 5.33. The number of nitrogens with zero attached hydrogens (tertiary/aromatic N) is 2. The van der Waals surface area contributed by atoms with Crippen LogP contribution >= 0.6 is 0 Å². The van der Waals surface area contributed by atoms with Crippen molar-refractivity contribution in [3.05, 3.63) is 59.4 Å². The molecular formula is C15H17N3O2S. The van der Waals surface area contributed by atoms with Gasteiger partial charge >= 0.3 is 0 Å². The lowest BCUT2D eigenvalue weighted by Gasteiger charge is -2.08. The number of pyridine rings is 1. The van der Waals surface area contributed by atoms with Crippen LogP contribution in [-0.4, -0.2) is 19.1 Å². The number of hydrogen-bond acceptors (Lipinski definition) is 4. The fourth-order valence-corrected chi connectivity index (χ4v) is 3.00. The van der Waals surface area contributed by atoms with Crippen LogP contribution in [0.3, 0.4) is 0 Å². The lowest BCUT2D eigenvalue weighted by molar-refractivity contribution is 0.583. The van der Waals surface area contributed by atoms with Gasteiger partial charge < -0.3 is 0 Å². The molecule has 0 saturated carbocycles. The molecule has 2 rings (SSSR count). The van der Waals surface area contributed by atoms with E-state index in [9.17, 15) is 8.42 Å². The third-order valence-electron chi connectivity index (χ3n) is 3.05. The van der Waals surface area contributed by atoms with Crippen molar-refractivity contribution in [3.8, 4) is 0 Å². The fraction of sp³-hybridized carbons (Fsp3) is 0.200. The first kappa shape index (κ1) is 15.2. The van der Waals surface area contributed by atoms with E-state index in [1.807, 2.05) is 19.1 Å². The molecular weight excluding hydrogens is 286 g/mol. The van der Waals surface area contributed by atoms with Gasteiger partial charge in [0.2, 0.25) is 0 Å². The summed E-state index contributed by atoms with van der Waals surface area (Å²) < 4.78 is 24.6. The molecule has 0 aliphatic heterocycles. The molecule has 0 aliphatic rings. The second-order valence-corrected chi connectivity index (χ2v) is 6.43. The molecule has 1 aromatic carbocycles. The van der Waals surface area contributed by atoms with Crippen LogP contribution in [0, 0.1) is 13.8 Å².